The van der Waals surface area contributed by atoms with Crippen LogP contribution in [-0.4, -0.2) is 41.7 Å². The number of nitrogens with zero attached hydrogens (tertiary/aromatic N) is 1. The fourth-order valence-corrected chi connectivity index (χ4v) is 1.20. The number of carbonyl (C=O) groups is 2. The highest BCUT2D eigenvalue weighted by molar-refractivity contribution is 5.92. The van der Waals surface area contributed by atoms with Crippen LogP contribution in [0.2, 0.25) is 0 Å². The van der Waals surface area contributed by atoms with Gasteiger partial charge in [0.2, 0.25) is 0 Å². The Bertz CT molecular complexity index is 502. The number of hydrogen-bond acceptors (Lipinski definition) is 4. The molecule has 0 spiro atoms. The van der Waals surface area contributed by atoms with E-state index in [0.717, 1.165) is 0 Å². The first-order chi connectivity index (χ1) is 9.13. The largest absolute Gasteiger partial charge is 0.384 e. The summed E-state index contributed by atoms with van der Waals surface area (Å²) in [5.41, 5.74) is 5.73. The van der Waals surface area contributed by atoms with E-state index in [-0.39, 0.29) is 31.3 Å². The number of urea groups is 1. The number of amides is 3. The predicted molar refractivity (Wildman–Crippen MR) is 68.1 cm³/mol. The quantitative estimate of drug-likeness (QED) is 0.403. The number of aliphatic hydroxyl groups excluding tert-OH is 1. The molecule has 1 heterocycles. The van der Waals surface area contributed by atoms with E-state index < -0.39 is 6.03 Å². The maximum atomic E-state index is 11.6. The fourth-order valence-electron chi connectivity index (χ4n) is 1.20. The molecule has 7 heteroatoms. The van der Waals surface area contributed by atoms with Crippen molar-refractivity contribution in [3.8, 4) is 11.8 Å². The van der Waals surface area contributed by atoms with Crippen LogP contribution in [0.15, 0.2) is 18.3 Å². The van der Waals surface area contributed by atoms with Gasteiger partial charge in [-0.1, -0.05) is 11.8 Å². The standard InChI is InChI=1S/C12H14N4O3/c13-12(19)15-6-5-14-11(18)10-4-3-9(8-16-10)2-1-7-17/h3-4,8,17H,5-7H2,(H,14,18)(H3,13,15,19). The lowest BCUT2D eigenvalue weighted by Crippen LogP contribution is -2.37. The maximum Gasteiger partial charge on any atom is 0.312 e. The molecule has 1 aromatic rings. The minimum atomic E-state index is -0.640. The zero-order valence-electron chi connectivity index (χ0n) is 10.1. The van der Waals surface area contributed by atoms with E-state index in [1.54, 1.807) is 6.07 Å². The molecule has 100 valence electrons. The van der Waals surface area contributed by atoms with Crippen molar-refractivity contribution in [1.29, 1.82) is 0 Å². The van der Waals surface area contributed by atoms with Crippen LogP contribution in [-0.2, 0) is 0 Å². The Kier molecular flexibility index (Phi) is 5.85. The third kappa shape index (κ3) is 5.52. The van der Waals surface area contributed by atoms with Gasteiger partial charge >= 0.3 is 6.03 Å². The first kappa shape index (κ1) is 14.5. The Hall–Kier alpha value is -2.59. The Balaban J connectivity index is 2.46. The van der Waals surface area contributed by atoms with Gasteiger partial charge in [0.1, 0.15) is 12.3 Å². The Labute approximate surface area is 110 Å². The van der Waals surface area contributed by atoms with Crippen molar-refractivity contribution in [1.82, 2.24) is 15.6 Å². The lowest BCUT2D eigenvalue weighted by atomic mass is 10.2. The van der Waals surface area contributed by atoms with Crippen LogP contribution in [0.25, 0.3) is 0 Å². The van der Waals surface area contributed by atoms with Crippen molar-refractivity contribution in [2.45, 2.75) is 0 Å². The SMILES string of the molecule is NC(=O)NCCNC(=O)c1ccc(C#CCO)cn1. The maximum absolute atomic E-state index is 11.6. The van der Waals surface area contributed by atoms with Crippen LogP contribution in [0.4, 0.5) is 4.79 Å². The molecule has 5 N–H and O–H groups in total. The van der Waals surface area contributed by atoms with E-state index in [2.05, 4.69) is 27.5 Å². The topological polar surface area (TPSA) is 117 Å². The van der Waals surface area contributed by atoms with E-state index in [9.17, 15) is 9.59 Å². The van der Waals surface area contributed by atoms with Crippen LogP contribution in [0.5, 0.6) is 0 Å². The van der Waals surface area contributed by atoms with E-state index in [4.69, 9.17) is 10.8 Å². The monoisotopic (exact) mass is 262 g/mol. The molecular weight excluding hydrogens is 248 g/mol. The zero-order valence-corrected chi connectivity index (χ0v) is 10.1. The van der Waals surface area contributed by atoms with Crippen LogP contribution in [0.3, 0.4) is 0 Å². The van der Waals surface area contributed by atoms with E-state index >= 15 is 0 Å². The second-order valence-corrected chi connectivity index (χ2v) is 3.44. The number of rotatable bonds is 4. The summed E-state index contributed by atoms with van der Waals surface area (Å²) in [4.78, 5) is 26.0. The van der Waals surface area contributed by atoms with E-state index in [0.29, 0.717) is 5.56 Å². The molecule has 0 aliphatic heterocycles. The summed E-state index contributed by atoms with van der Waals surface area (Å²) in [6.45, 7) is 0.283. The molecule has 19 heavy (non-hydrogen) atoms. The van der Waals surface area contributed by atoms with Crippen molar-refractivity contribution >= 4 is 11.9 Å². The average Bonchev–Trinajstić information content (AvgIpc) is 2.41. The Morgan fingerprint density at radius 1 is 1.32 bits per heavy atom. The number of carbonyl (C=O) groups excluding carboxylic acids is 2. The first-order valence-electron chi connectivity index (χ1n) is 5.50. The normalized spacial score (nSPS) is 9.11. The van der Waals surface area contributed by atoms with Crippen LogP contribution in [0.1, 0.15) is 16.1 Å². The highest BCUT2D eigenvalue weighted by Crippen LogP contribution is 1.98. The minimum absolute atomic E-state index is 0.227. The number of pyridine rings is 1. The smallest absolute Gasteiger partial charge is 0.312 e. The van der Waals surface area contributed by atoms with E-state index in [1.165, 1.54) is 12.3 Å². The highest BCUT2D eigenvalue weighted by Gasteiger charge is 2.05. The van der Waals surface area contributed by atoms with Gasteiger partial charge in [-0.15, -0.1) is 0 Å². The van der Waals surface area contributed by atoms with Crippen LogP contribution >= 0.6 is 0 Å². The molecule has 0 radical (unpaired) electrons. The molecule has 7 nitrogen and oxygen atoms in total. The van der Waals surface area contributed by atoms with Crippen molar-refractivity contribution in [2.75, 3.05) is 19.7 Å². The lowest BCUT2D eigenvalue weighted by molar-refractivity contribution is 0.0949. The van der Waals surface area contributed by atoms with Gasteiger partial charge in [0.15, 0.2) is 0 Å². The Morgan fingerprint density at radius 3 is 2.63 bits per heavy atom. The number of hydrogen-bond donors (Lipinski definition) is 4. The van der Waals surface area contributed by atoms with Crippen molar-refractivity contribution in [3.63, 3.8) is 0 Å². The molecule has 1 rings (SSSR count). The third-order valence-corrected chi connectivity index (χ3v) is 2.02. The molecule has 0 fully saturated rings. The molecule has 0 saturated heterocycles. The van der Waals surface area contributed by atoms with Gasteiger partial charge in [-0.2, -0.15) is 0 Å². The summed E-state index contributed by atoms with van der Waals surface area (Å²) in [7, 11) is 0. The minimum Gasteiger partial charge on any atom is -0.384 e. The predicted octanol–water partition coefficient (Wildman–Crippen LogP) is -1.18. The van der Waals surface area contributed by atoms with Crippen LogP contribution in [0, 0.1) is 11.8 Å². The summed E-state index contributed by atoms with van der Waals surface area (Å²) < 4.78 is 0. The summed E-state index contributed by atoms with van der Waals surface area (Å²) in [5.74, 6) is 4.79. The molecule has 0 atom stereocenters. The molecule has 0 bridgehead atoms. The van der Waals surface area contributed by atoms with E-state index in [1.807, 2.05) is 0 Å². The third-order valence-electron chi connectivity index (χ3n) is 2.02. The van der Waals surface area contributed by atoms with Gasteiger partial charge in [0.05, 0.1) is 0 Å². The molecular formula is C12H14N4O3. The van der Waals surface area contributed by atoms with Crippen molar-refractivity contribution in [2.24, 2.45) is 5.73 Å². The summed E-state index contributed by atoms with van der Waals surface area (Å²) in [6.07, 6.45) is 1.44. The number of primary amides is 1. The fraction of sp³-hybridized carbons (Fsp3) is 0.250. The van der Waals surface area contributed by atoms with Crippen molar-refractivity contribution in [3.05, 3.63) is 29.6 Å². The summed E-state index contributed by atoms with van der Waals surface area (Å²) >= 11 is 0. The molecule has 3 amide bonds. The zero-order chi connectivity index (χ0) is 14.1. The number of aromatic nitrogens is 1. The van der Waals surface area contributed by atoms with Gasteiger partial charge in [-0.05, 0) is 12.1 Å². The molecule has 0 aliphatic rings. The number of aliphatic hydroxyl groups is 1. The summed E-state index contributed by atoms with van der Waals surface area (Å²) in [6, 6.07) is 2.52. The molecule has 0 saturated carbocycles. The molecule has 0 aliphatic carbocycles. The second-order valence-electron chi connectivity index (χ2n) is 3.44. The molecule has 0 aromatic carbocycles. The number of nitrogens with two attached hydrogens (primary N) is 1. The van der Waals surface area contributed by atoms with Gasteiger partial charge in [-0.3, -0.25) is 4.79 Å². The number of nitrogens with one attached hydrogen (secondary N) is 2. The van der Waals surface area contributed by atoms with Gasteiger partial charge < -0.3 is 21.5 Å². The van der Waals surface area contributed by atoms with Gasteiger partial charge in [0, 0.05) is 24.8 Å². The second kappa shape index (κ2) is 7.68. The summed E-state index contributed by atoms with van der Waals surface area (Å²) in [5, 5.41) is 13.4. The lowest BCUT2D eigenvalue weighted by Gasteiger charge is -2.04. The Morgan fingerprint density at radius 2 is 2.05 bits per heavy atom. The molecule has 0 unspecified atom stereocenters. The van der Waals surface area contributed by atoms with Crippen LogP contribution < -0.4 is 16.4 Å². The van der Waals surface area contributed by atoms with Gasteiger partial charge in [0.25, 0.3) is 5.91 Å². The first-order valence-corrected chi connectivity index (χ1v) is 5.50. The average molecular weight is 262 g/mol. The molecule has 1 aromatic heterocycles. The van der Waals surface area contributed by atoms with Gasteiger partial charge in [-0.25, -0.2) is 9.78 Å². The highest BCUT2D eigenvalue weighted by atomic mass is 16.2. The van der Waals surface area contributed by atoms with Crippen molar-refractivity contribution < 1.29 is 14.7 Å².